The van der Waals surface area contributed by atoms with Crippen LogP contribution in [0.15, 0.2) is 42.5 Å². The highest BCUT2D eigenvalue weighted by Crippen LogP contribution is 2.32. The molecule has 4 nitrogen and oxygen atoms in total. The molecule has 0 bridgehead atoms. The second-order valence-electron chi connectivity index (χ2n) is 4.98. The van der Waals surface area contributed by atoms with Crippen LogP contribution in [-0.4, -0.2) is 18.6 Å². The van der Waals surface area contributed by atoms with Gasteiger partial charge in [0.25, 0.3) is 5.91 Å². The highest BCUT2D eigenvalue weighted by atomic mass is 35.5. The summed E-state index contributed by atoms with van der Waals surface area (Å²) in [6.07, 6.45) is -0.0402. The molecule has 0 aliphatic carbocycles. The summed E-state index contributed by atoms with van der Waals surface area (Å²) in [6.45, 7) is 2.44. The molecule has 0 fully saturated rings. The van der Waals surface area contributed by atoms with Gasteiger partial charge in [-0.2, -0.15) is 0 Å². The van der Waals surface area contributed by atoms with E-state index >= 15 is 0 Å². The largest absolute Gasteiger partial charge is 0.492 e. The number of halogens is 1. The van der Waals surface area contributed by atoms with Crippen LogP contribution < -0.4 is 14.8 Å². The van der Waals surface area contributed by atoms with Gasteiger partial charge in [0.2, 0.25) is 0 Å². The monoisotopic (exact) mass is 317 g/mol. The Morgan fingerprint density at radius 3 is 3.00 bits per heavy atom. The summed E-state index contributed by atoms with van der Waals surface area (Å²) in [5.74, 6) is 1.17. The minimum atomic E-state index is -0.553. The summed E-state index contributed by atoms with van der Waals surface area (Å²) in [5.41, 5.74) is 1.60. The molecule has 1 N–H and O–H groups in total. The van der Waals surface area contributed by atoms with Crippen molar-refractivity contribution in [1.29, 1.82) is 0 Å². The number of hydrogen-bond donors (Lipinski definition) is 1. The van der Waals surface area contributed by atoms with Gasteiger partial charge in [-0.15, -0.1) is 0 Å². The third-order valence-corrected chi connectivity index (χ3v) is 3.67. The smallest absolute Gasteiger partial charge is 0.265 e. The van der Waals surface area contributed by atoms with Crippen molar-refractivity contribution in [1.82, 2.24) is 0 Å². The number of nitrogens with one attached hydrogen (secondary N) is 1. The second-order valence-corrected chi connectivity index (χ2v) is 5.42. The number of anilines is 1. The van der Waals surface area contributed by atoms with E-state index in [1.54, 1.807) is 12.1 Å². The number of rotatable bonds is 4. The molecule has 0 spiro atoms. The molecule has 1 heterocycles. The van der Waals surface area contributed by atoms with Crippen LogP contribution >= 0.6 is 11.6 Å². The summed E-state index contributed by atoms with van der Waals surface area (Å²) >= 11 is 5.96. The fraction of sp³-hybridized carbons (Fsp3) is 0.235. The molecule has 0 radical (unpaired) electrons. The van der Waals surface area contributed by atoms with Crippen molar-refractivity contribution in [2.24, 2.45) is 0 Å². The van der Waals surface area contributed by atoms with E-state index < -0.39 is 6.10 Å². The number of carbonyl (C=O) groups is 1. The van der Waals surface area contributed by atoms with Crippen molar-refractivity contribution in [3.05, 3.63) is 53.1 Å². The molecule has 2 aromatic rings. The first-order chi connectivity index (χ1) is 10.7. The molecular formula is C17H16ClNO3. The first-order valence-corrected chi connectivity index (χ1v) is 7.53. The molecule has 1 atom stereocenters. The minimum absolute atomic E-state index is 0.195. The maximum absolute atomic E-state index is 12.4. The molecule has 5 heteroatoms. The lowest BCUT2D eigenvalue weighted by Crippen LogP contribution is -2.31. The predicted octanol–water partition coefficient (Wildman–Crippen LogP) is 3.68. The number of fused-ring (bicyclic) bond motifs is 1. The van der Waals surface area contributed by atoms with Gasteiger partial charge < -0.3 is 14.8 Å². The van der Waals surface area contributed by atoms with E-state index in [0.29, 0.717) is 35.2 Å². The van der Waals surface area contributed by atoms with E-state index in [0.717, 1.165) is 5.56 Å². The van der Waals surface area contributed by atoms with Crippen molar-refractivity contribution in [3.63, 3.8) is 0 Å². The topological polar surface area (TPSA) is 47.6 Å². The second kappa shape index (κ2) is 6.28. The molecule has 1 amide bonds. The quantitative estimate of drug-likeness (QED) is 0.935. The van der Waals surface area contributed by atoms with Gasteiger partial charge in [0.15, 0.2) is 6.10 Å². The molecule has 1 unspecified atom stereocenters. The molecule has 22 heavy (non-hydrogen) atoms. The number of para-hydroxylation sites is 2. The van der Waals surface area contributed by atoms with Gasteiger partial charge in [-0.25, -0.2) is 0 Å². The molecule has 0 saturated carbocycles. The fourth-order valence-corrected chi connectivity index (χ4v) is 2.62. The molecule has 1 aliphatic heterocycles. The maximum atomic E-state index is 12.4. The van der Waals surface area contributed by atoms with Gasteiger partial charge >= 0.3 is 0 Å². The summed E-state index contributed by atoms with van der Waals surface area (Å²) in [4.78, 5) is 12.4. The van der Waals surface area contributed by atoms with Crippen LogP contribution in [-0.2, 0) is 11.2 Å². The van der Waals surface area contributed by atoms with E-state index in [2.05, 4.69) is 5.32 Å². The van der Waals surface area contributed by atoms with E-state index in [1.165, 1.54) is 0 Å². The summed E-state index contributed by atoms with van der Waals surface area (Å²) in [6, 6.07) is 12.7. The van der Waals surface area contributed by atoms with Gasteiger partial charge in [-0.1, -0.05) is 23.7 Å². The average Bonchev–Trinajstić information content (AvgIpc) is 2.92. The van der Waals surface area contributed by atoms with Crippen molar-refractivity contribution in [2.75, 3.05) is 11.9 Å². The summed E-state index contributed by atoms with van der Waals surface area (Å²) in [5, 5.41) is 3.51. The van der Waals surface area contributed by atoms with Crippen molar-refractivity contribution in [2.45, 2.75) is 19.4 Å². The van der Waals surface area contributed by atoms with E-state index in [9.17, 15) is 4.79 Å². The zero-order valence-electron chi connectivity index (χ0n) is 12.1. The molecule has 114 valence electrons. The molecule has 1 aliphatic rings. The lowest BCUT2D eigenvalue weighted by Gasteiger charge is -2.14. The highest BCUT2D eigenvalue weighted by molar-refractivity contribution is 6.30. The highest BCUT2D eigenvalue weighted by Gasteiger charge is 2.29. The molecule has 3 rings (SSSR count). The zero-order valence-corrected chi connectivity index (χ0v) is 12.9. The average molecular weight is 318 g/mol. The number of hydrogen-bond acceptors (Lipinski definition) is 3. The van der Waals surface area contributed by atoms with Gasteiger partial charge in [0.05, 0.1) is 12.3 Å². The Hall–Kier alpha value is -2.20. The van der Waals surface area contributed by atoms with Crippen molar-refractivity contribution in [3.8, 4) is 11.5 Å². The number of amides is 1. The predicted molar refractivity (Wildman–Crippen MR) is 85.8 cm³/mol. The Morgan fingerprint density at radius 1 is 1.36 bits per heavy atom. The number of carbonyl (C=O) groups excluding carboxylic acids is 1. The molecule has 0 aromatic heterocycles. The van der Waals surface area contributed by atoms with Crippen molar-refractivity contribution >= 4 is 23.2 Å². The number of ether oxygens (including phenoxy) is 2. The normalized spacial score (nSPS) is 15.8. The van der Waals surface area contributed by atoms with E-state index in [-0.39, 0.29) is 5.91 Å². The van der Waals surface area contributed by atoms with Gasteiger partial charge in [-0.3, -0.25) is 4.79 Å². The SMILES string of the molecule is CCOc1ccccc1NC(=O)C1Cc2cc(Cl)ccc2O1. The van der Waals surface area contributed by atoms with Crippen molar-refractivity contribution < 1.29 is 14.3 Å². The van der Waals surface area contributed by atoms with Crippen LogP contribution in [0.25, 0.3) is 0 Å². The molecule has 0 saturated heterocycles. The Balaban J connectivity index is 1.72. The Bertz CT molecular complexity index is 702. The minimum Gasteiger partial charge on any atom is -0.492 e. The first kappa shape index (κ1) is 14.7. The van der Waals surface area contributed by atoms with Crippen LogP contribution in [0.3, 0.4) is 0 Å². The lowest BCUT2D eigenvalue weighted by molar-refractivity contribution is -0.122. The summed E-state index contributed by atoms with van der Waals surface area (Å²) in [7, 11) is 0. The maximum Gasteiger partial charge on any atom is 0.265 e. The molecule has 2 aromatic carbocycles. The van der Waals surface area contributed by atoms with Gasteiger partial charge in [-0.05, 0) is 42.8 Å². The van der Waals surface area contributed by atoms with Crippen LogP contribution in [0, 0.1) is 0 Å². The zero-order chi connectivity index (χ0) is 15.5. The third-order valence-electron chi connectivity index (χ3n) is 3.43. The summed E-state index contributed by atoms with van der Waals surface area (Å²) < 4.78 is 11.2. The Labute approximate surface area is 134 Å². The third kappa shape index (κ3) is 3.02. The Kier molecular flexibility index (Phi) is 4.20. The van der Waals surface area contributed by atoms with Crippen LogP contribution in [0.5, 0.6) is 11.5 Å². The Morgan fingerprint density at radius 2 is 2.18 bits per heavy atom. The van der Waals surface area contributed by atoms with Gasteiger partial charge in [0.1, 0.15) is 11.5 Å². The van der Waals surface area contributed by atoms with Gasteiger partial charge in [0, 0.05) is 11.4 Å². The van der Waals surface area contributed by atoms with E-state index in [1.807, 2.05) is 37.3 Å². The fourth-order valence-electron chi connectivity index (χ4n) is 2.43. The van der Waals surface area contributed by atoms with Crippen LogP contribution in [0.1, 0.15) is 12.5 Å². The number of benzene rings is 2. The van der Waals surface area contributed by atoms with Crippen LogP contribution in [0.4, 0.5) is 5.69 Å². The molecular weight excluding hydrogens is 302 g/mol. The first-order valence-electron chi connectivity index (χ1n) is 7.15. The van der Waals surface area contributed by atoms with E-state index in [4.69, 9.17) is 21.1 Å². The van der Waals surface area contributed by atoms with Crippen LogP contribution in [0.2, 0.25) is 5.02 Å². The lowest BCUT2D eigenvalue weighted by atomic mass is 10.1. The standard InChI is InChI=1S/C17H16ClNO3/c1-2-21-15-6-4-3-5-13(15)19-17(20)16-10-11-9-12(18)7-8-14(11)22-16/h3-9,16H,2,10H2,1H3,(H,19,20).